The molecular weight excluding hydrogens is 751 g/mol. The number of likely N-dealkylation sites (tertiary alicyclic amines) is 1. The van der Waals surface area contributed by atoms with Gasteiger partial charge < -0.3 is 30.2 Å². The standard InChI is InChI=1S/C44H47N9O4S/c1-26(2)40(43(57)52-20-34(54)17-38(52)42(56)47-27(3)29-9-11-30(12-10-29)41-28(4)45-25-58-41)53-19-33(18-46-53)51-23-44(24-51)21-50(22-44)32-14-13-31-15-37(49-48-36(31)16-32)35-7-5-6-8-39(35)55/h5-16,18-19,25-27,34,38,40,54-55H,17,20-24H2,1-4H3,(H,47,56)/t27-,34+,38-,40?/m0/s1. The highest BCUT2D eigenvalue weighted by atomic mass is 32.1. The zero-order valence-electron chi connectivity index (χ0n) is 33.0. The number of nitrogens with zero attached hydrogens (tertiary/aromatic N) is 8. The van der Waals surface area contributed by atoms with E-state index in [0.717, 1.165) is 70.2 Å². The molecule has 6 aromatic rings. The third-order valence-electron chi connectivity index (χ3n) is 12.0. The van der Waals surface area contributed by atoms with Crippen LogP contribution in [-0.4, -0.2) is 96.8 Å². The maximum atomic E-state index is 14.3. The van der Waals surface area contributed by atoms with E-state index in [1.807, 2.05) is 88.1 Å². The first-order chi connectivity index (χ1) is 27.9. The summed E-state index contributed by atoms with van der Waals surface area (Å²) in [6, 6.07) is 21.7. The number of rotatable bonds is 10. The van der Waals surface area contributed by atoms with E-state index in [4.69, 9.17) is 0 Å². The molecule has 0 saturated carbocycles. The molecule has 3 aromatic heterocycles. The molecule has 0 radical (unpaired) electrons. The predicted octanol–water partition coefficient (Wildman–Crippen LogP) is 5.99. The number of benzene rings is 3. The number of nitrogens with one attached hydrogen (secondary N) is 1. The Bertz CT molecular complexity index is 2490. The number of β-amino-alcohol motifs (C(OH)–C–C–N with tert-alkyl or cyclic N) is 1. The molecule has 298 valence electrons. The molecule has 4 atom stereocenters. The number of hydrogen-bond acceptors (Lipinski definition) is 11. The van der Waals surface area contributed by atoms with Gasteiger partial charge in [0.05, 0.1) is 51.3 Å². The van der Waals surface area contributed by atoms with E-state index in [-0.39, 0.29) is 47.9 Å². The highest BCUT2D eigenvalue weighted by Gasteiger charge is 2.52. The van der Waals surface area contributed by atoms with Crippen molar-refractivity contribution in [1.82, 2.24) is 35.2 Å². The number of phenolic OH excluding ortho intramolecular Hbond substituents is 1. The van der Waals surface area contributed by atoms with Gasteiger partial charge in [-0.25, -0.2) is 4.98 Å². The van der Waals surface area contributed by atoms with Gasteiger partial charge in [0.1, 0.15) is 17.8 Å². The van der Waals surface area contributed by atoms with Crippen LogP contribution in [0.3, 0.4) is 0 Å². The molecule has 1 spiro atoms. The van der Waals surface area contributed by atoms with Crippen LogP contribution in [0, 0.1) is 18.3 Å². The fourth-order valence-electron chi connectivity index (χ4n) is 8.85. The molecule has 6 heterocycles. The summed E-state index contributed by atoms with van der Waals surface area (Å²) in [6.45, 7) is 11.6. The van der Waals surface area contributed by atoms with Crippen molar-refractivity contribution in [3.63, 3.8) is 0 Å². The van der Waals surface area contributed by atoms with Crippen molar-refractivity contribution in [3.05, 3.63) is 102 Å². The van der Waals surface area contributed by atoms with Gasteiger partial charge in [-0.2, -0.15) is 5.10 Å². The van der Waals surface area contributed by atoms with Crippen LogP contribution in [0.4, 0.5) is 11.4 Å². The zero-order chi connectivity index (χ0) is 40.3. The zero-order valence-corrected chi connectivity index (χ0v) is 33.8. The Morgan fingerprint density at radius 2 is 1.67 bits per heavy atom. The molecule has 3 aliphatic heterocycles. The second-order valence-corrected chi connectivity index (χ2v) is 17.4. The summed E-state index contributed by atoms with van der Waals surface area (Å²) in [4.78, 5) is 39.7. The lowest BCUT2D eigenvalue weighted by atomic mass is 9.72. The summed E-state index contributed by atoms with van der Waals surface area (Å²) < 4.78 is 1.73. The first-order valence-corrected chi connectivity index (χ1v) is 20.7. The quantitative estimate of drug-likeness (QED) is 0.151. The van der Waals surface area contributed by atoms with Gasteiger partial charge in [0.2, 0.25) is 11.8 Å². The number of phenols is 1. The summed E-state index contributed by atoms with van der Waals surface area (Å²) in [6.07, 6.45) is 3.16. The lowest BCUT2D eigenvalue weighted by Crippen LogP contribution is -2.72. The van der Waals surface area contributed by atoms with Crippen molar-refractivity contribution in [2.75, 3.05) is 42.5 Å². The average molecular weight is 798 g/mol. The molecule has 14 heteroatoms. The summed E-state index contributed by atoms with van der Waals surface area (Å²) in [7, 11) is 0. The van der Waals surface area contributed by atoms with Gasteiger partial charge in [0.15, 0.2) is 0 Å². The molecule has 0 bridgehead atoms. The molecular formula is C44H47N9O4S. The second-order valence-electron chi connectivity index (χ2n) is 16.6. The molecule has 0 aliphatic carbocycles. The van der Waals surface area contributed by atoms with E-state index in [0.29, 0.717) is 11.3 Å². The minimum atomic E-state index is -0.789. The Balaban J connectivity index is 0.816. The van der Waals surface area contributed by atoms with Crippen LogP contribution in [0.25, 0.3) is 32.6 Å². The van der Waals surface area contributed by atoms with E-state index in [1.54, 1.807) is 33.1 Å². The number of carbonyl (C=O) groups excluding carboxylic acids is 2. The molecule has 13 nitrogen and oxygen atoms in total. The van der Waals surface area contributed by atoms with Gasteiger partial charge in [-0.05, 0) is 61.2 Å². The Hall–Kier alpha value is -5.86. The van der Waals surface area contributed by atoms with Crippen LogP contribution < -0.4 is 15.1 Å². The lowest BCUT2D eigenvalue weighted by Gasteiger charge is -2.61. The van der Waals surface area contributed by atoms with Gasteiger partial charge in [-0.3, -0.25) is 14.3 Å². The topological polar surface area (TPSA) is 153 Å². The number of fused-ring (bicyclic) bond motifs is 1. The smallest absolute Gasteiger partial charge is 0.248 e. The maximum absolute atomic E-state index is 14.3. The highest BCUT2D eigenvalue weighted by molar-refractivity contribution is 7.13. The molecule has 58 heavy (non-hydrogen) atoms. The fourth-order valence-corrected chi connectivity index (χ4v) is 9.66. The molecule has 3 N–H and O–H groups in total. The summed E-state index contributed by atoms with van der Waals surface area (Å²) in [5.41, 5.74) is 9.21. The largest absolute Gasteiger partial charge is 0.507 e. The number of thiazole rings is 1. The van der Waals surface area contributed by atoms with E-state index in [9.17, 15) is 19.8 Å². The third kappa shape index (κ3) is 6.93. The number of hydrogen-bond donors (Lipinski definition) is 3. The molecule has 3 aliphatic rings. The second kappa shape index (κ2) is 14.8. The predicted molar refractivity (Wildman–Crippen MR) is 225 cm³/mol. The van der Waals surface area contributed by atoms with Crippen molar-refractivity contribution < 1.29 is 19.8 Å². The summed E-state index contributed by atoms with van der Waals surface area (Å²) >= 11 is 1.60. The lowest BCUT2D eigenvalue weighted by molar-refractivity contribution is -0.142. The van der Waals surface area contributed by atoms with Crippen LogP contribution in [0.5, 0.6) is 5.75 Å². The number of para-hydroxylation sites is 1. The van der Waals surface area contributed by atoms with E-state index < -0.39 is 18.2 Å². The van der Waals surface area contributed by atoms with Crippen molar-refractivity contribution in [2.24, 2.45) is 11.3 Å². The van der Waals surface area contributed by atoms with Crippen LogP contribution >= 0.6 is 11.3 Å². The monoisotopic (exact) mass is 797 g/mol. The van der Waals surface area contributed by atoms with Crippen molar-refractivity contribution in [3.8, 4) is 27.4 Å². The fraction of sp³-hybridized carbons (Fsp3) is 0.364. The molecule has 3 aromatic carbocycles. The van der Waals surface area contributed by atoms with Gasteiger partial charge in [-0.15, -0.1) is 21.5 Å². The Morgan fingerprint density at radius 1 is 0.931 bits per heavy atom. The van der Waals surface area contributed by atoms with Crippen LogP contribution in [-0.2, 0) is 9.59 Å². The van der Waals surface area contributed by atoms with Gasteiger partial charge >= 0.3 is 0 Å². The molecule has 9 rings (SSSR count). The Labute approximate surface area is 341 Å². The normalized spacial score (nSPS) is 19.7. The van der Waals surface area contributed by atoms with Crippen LogP contribution in [0.15, 0.2) is 90.7 Å². The van der Waals surface area contributed by atoms with Gasteiger partial charge in [0, 0.05) is 67.4 Å². The SMILES string of the molecule is Cc1ncsc1-c1ccc([C@H](C)NC(=O)[C@@H]2C[C@@H](O)CN2C(=O)C(C(C)C)n2cc(N3CC4(CN(c5ccc6cc(-c7ccccc7O)nnc6c5)C4)C3)cn2)cc1. The number of aryl methyl sites for hydroxylation is 1. The van der Waals surface area contributed by atoms with Crippen LogP contribution in [0.2, 0.25) is 0 Å². The summed E-state index contributed by atoms with van der Waals surface area (Å²) in [5.74, 6) is -0.423. The van der Waals surface area contributed by atoms with Gasteiger partial charge in [0.25, 0.3) is 0 Å². The van der Waals surface area contributed by atoms with Crippen molar-refractivity contribution in [2.45, 2.75) is 58.3 Å². The Morgan fingerprint density at radius 3 is 2.38 bits per heavy atom. The molecule has 3 fully saturated rings. The molecule has 3 saturated heterocycles. The number of aliphatic hydroxyl groups excluding tert-OH is 1. The number of aromatic hydroxyl groups is 1. The molecule has 1 unspecified atom stereocenters. The van der Waals surface area contributed by atoms with Crippen molar-refractivity contribution in [1.29, 1.82) is 0 Å². The van der Waals surface area contributed by atoms with Crippen LogP contribution in [0.1, 0.15) is 50.5 Å². The number of anilines is 2. The third-order valence-corrected chi connectivity index (χ3v) is 13.0. The highest BCUT2D eigenvalue weighted by Crippen LogP contribution is 2.44. The summed E-state index contributed by atoms with van der Waals surface area (Å²) in [5, 5.41) is 38.6. The Kier molecular flexibility index (Phi) is 9.63. The first kappa shape index (κ1) is 37.7. The number of aromatic nitrogens is 5. The van der Waals surface area contributed by atoms with Gasteiger partial charge in [-0.1, -0.05) is 56.3 Å². The molecule has 2 amide bonds. The van der Waals surface area contributed by atoms with E-state index in [2.05, 4.69) is 53.6 Å². The number of aliphatic hydroxyl groups is 1. The maximum Gasteiger partial charge on any atom is 0.248 e. The van der Waals surface area contributed by atoms with Crippen molar-refractivity contribution >= 4 is 45.4 Å². The number of amides is 2. The van der Waals surface area contributed by atoms with E-state index in [1.165, 1.54) is 0 Å². The first-order valence-electron chi connectivity index (χ1n) is 19.8. The minimum Gasteiger partial charge on any atom is -0.507 e. The van der Waals surface area contributed by atoms with E-state index >= 15 is 0 Å². The minimum absolute atomic E-state index is 0.0970. The average Bonchev–Trinajstić information content (AvgIpc) is 3.94. The number of carbonyl (C=O) groups is 2.